The Hall–Kier alpha value is -2.85. The van der Waals surface area contributed by atoms with E-state index in [-0.39, 0.29) is 11.9 Å². The van der Waals surface area contributed by atoms with E-state index in [0.717, 1.165) is 50.5 Å². The Morgan fingerprint density at radius 1 is 0.867 bits per heavy atom. The molecule has 3 aromatic carbocycles. The lowest BCUT2D eigenvalue weighted by Crippen LogP contribution is -2.46. The molecule has 0 saturated carbocycles. The molecule has 3 nitrogen and oxygen atoms in total. The first kappa shape index (κ1) is 20.4. The van der Waals surface area contributed by atoms with Gasteiger partial charge in [-0.05, 0) is 48.4 Å². The molecule has 0 spiro atoms. The van der Waals surface area contributed by atoms with Gasteiger partial charge >= 0.3 is 0 Å². The molecule has 0 N–H and O–H groups in total. The summed E-state index contributed by atoms with van der Waals surface area (Å²) in [6.07, 6.45) is 0.842. The van der Waals surface area contributed by atoms with Gasteiger partial charge in [-0.15, -0.1) is 0 Å². The maximum absolute atomic E-state index is 13.6. The summed E-state index contributed by atoms with van der Waals surface area (Å²) in [6.45, 7) is 6.92. The van der Waals surface area contributed by atoms with Gasteiger partial charge in [-0.25, -0.2) is 4.39 Å². The Bertz CT molecular complexity index is 924. The van der Waals surface area contributed by atoms with E-state index in [2.05, 4.69) is 52.3 Å². The van der Waals surface area contributed by atoms with Crippen LogP contribution >= 0.6 is 0 Å². The first-order valence-electron chi connectivity index (χ1n) is 10.7. The lowest BCUT2D eigenvalue weighted by atomic mass is 10.1. The molecule has 0 aliphatic carbocycles. The smallest absolute Gasteiger partial charge is 0.126 e. The second-order valence-corrected chi connectivity index (χ2v) is 7.88. The van der Waals surface area contributed by atoms with Crippen molar-refractivity contribution in [3.63, 3.8) is 0 Å². The van der Waals surface area contributed by atoms with Gasteiger partial charge in [0.25, 0.3) is 0 Å². The molecule has 0 aromatic heterocycles. The van der Waals surface area contributed by atoms with E-state index >= 15 is 0 Å². The van der Waals surface area contributed by atoms with Gasteiger partial charge in [0, 0.05) is 44.8 Å². The summed E-state index contributed by atoms with van der Waals surface area (Å²) in [6, 6.07) is 25.9. The minimum atomic E-state index is -0.199. The SMILES string of the molecule is Cc1cc(O[C@H](CCN2CCN(c3ccccc3)CC2)c2ccccc2)ccc1F. The van der Waals surface area contributed by atoms with Crippen molar-refractivity contribution in [1.29, 1.82) is 0 Å². The number of para-hydroxylation sites is 1. The van der Waals surface area contributed by atoms with Crippen LogP contribution in [0.2, 0.25) is 0 Å². The predicted octanol–water partition coefficient (Wildman–Crippen LogP) is 5.47. The third-order valence-electron chi connectivity index (χ3n) is 5.78. The van der Waals surface area contributed by atoms with Crippen LogP contribution in [0.4, 0.5) is 10.1 Å². The maximum Gasteiger partial charge on any atom is 0.126 e. The topological polar surface area (TPSA) is 15.7 Å². The summed E-state index contributed by atoms with van der Waals surface area (Å²) in [5.41, 5.74) is 3.06. The van der Waals surface area contributed by atoms with Gasteiger partial charge in [0.1, 0.15) is 17.7 Å². The summed E-state index contributed by atoms with van der Waals surface area (Å²) in [4.78, 5) is 4.96. The van der Waals surface area contributed by atoms with Crippen molar-refractivity contribution >= 4 is 5.69 Å². The van der Waals surface area contributed by atoms with Crippen LogP contribution in [0.5, 0.6) is 5.75 Å². The molecule has 1 aliphatic heterocycles. The summed E-state index contributed by atoms with van der Waals surface area (Å²) < 4.78 is 20.0. The molecule has 3 aromatic rings. The summed E-state index contributed by atoms with van der Waals surface area (Å²) in [7, 11) is 0. The summed E-state index contributed by atoms with van der Waals surface area (Å²) in [5.74, 6) is 0.520. The molecule has 0 amide bonds. The second kappa shape index (κ2) is 9.77. The zero-order valence-corrected chi connectivity index (χ0v) is 17.5. The van der Waals surface area contributed by atoms with E-state index < -0.39 is 0 Å². The third kappa shape index (κ3) is 5.19. The molecule has 1 heterocycles. The predicted molar refractivity (Wildman–Crippen MR) is 121 cm³/mol. The molecule has 1 aliphatic rings. The number of hydrogen-bond acceptors (Lipinski definition) is 3. The molecule has 4 rings (SSSR count). The van der Waals surface area contributed by atoms with Crippen LogP contribution in [0, 0.1) is 12.7 Å². The fourth-order valence-corrected chi connectivity index (χ4v) is 3.98. The molecule has 1 fully saturated rings. The van der Waals surface area contributed by atoms with Gasteiger partial charge in [0.15, 0.2) is 0 Å². The molecule has 0 bridgehead atoms. The van der Waals surface area contributed by atoms with Crippen LogP contribution in [0.15, 0.2) is 78.9 Å². The van der Waals surface area contributed by atoms with Crippen molar-refractivity contribution in [3.8, 4) is 5.75 Å². The Balaban J connectivity index is 1.37. The van der Waals surface area contributed by atoms with E-state index in [9.17, 15) is 4.39 Å². The minimum Gasteiger partial charge on any atom is -0.486 e. The monoisotopic (exact) mass is 404 g/mol. The van der Waals surface area contributed by atoms with Crippen LogP contribution in [-0.4, -0.2) is 37.6 Å². The van der Waals surface area contributed by atoms with Crippen molar-refractivity contribution < 1.29 is 9.13 Å². The quantitative estimate of drug-likeness (QED) is 0.520. The fourth-order valence-electron chi connectivity index (χ4n) is 3.98. The molecule has 0 radical (unpaired) electrons. The number of aryl methyl sites for hydroxylation is 1. The van der Waals surface area contributed by atoms with E-state index in [4.69, 9.17) is 4.74 Å². The number of halogens is 1. The lowest BCUT2D eigenvalue weighted by Gasteiger charge is -2.36. The summed E-state index contributed by atoms with van der Waals surface area (Å²) in [5, 5.41) is 0. The number of hydrogen-bond donors (Lipinski definition) is 0. The largest absolute Gasteiger partial charge is 0.486 e. The molecular formula is C26H29FN2O. The standard InChI is InChI=1S/C26H29FN2O/c1-21-20-24(12-13-25(21)27)30-26(22-8-4-2-5-9-22)14-15-28-16-18-29(19-17-28)23-10-6-3-7-11-23/h2-13,20,26H,14-19H2,1H3/t26-/m1/s1. The number of piperazine rings is 1. The second-order valence-electron chi connectivity index (χ2n) is 7.88. The molecule has 30 heavy (non-hydrogen) atoms. The first-order chi connectivity index (χ1) is 14.7. The van der Waals surface area contributed by atoms with Gasteiger partial charge in [0.2, 0.25) is 0 Å². The normalized spacial score (nSPS) is 15.7. The highest BCUT2D eigenvalue weighted by Gasteiger charge is 2.20. The fraction of sp³-hybridized carbons (Fsp3) is 0.308. The van der Waals surface area contributed by atoms with E-state index in [1.165, 1.54) is 11.8 Å². The molecule has 156 valence electrons. The van der Waals surface area contributed by atoms with Crippen LogP contribution < -0.4 is 9.64 Å². The minimum absolute atomic E-state index is 0.0526. The molecule has 1 atom stereocenters. The van der Waals surface area contributed by atoms with Gasteiger partial charge in [-0.2, -0.15) is 0 Å². The van der Waals surface area contributed by atoms with Crippen LogP contribution in [0.3, 0.4) is 0 Å². The number of rotatable bonds is 7. The number of ether oxygens (including phenoxy) is 1. The highest BCUT2D eigenvalue weighted by Crippen LogP contribution is 2.27. The number of benzene rings is 3. The average molecular weight is 405 g/mol. The van der Waals surface area contributed by atoms with Crippen molar-refractivity contribution in [2.75, 3.05) is 37.6 Å². The number of nitrogens with zero attached hydrogens (tertiary/aromatic N) is 2. The molecular weight excluding hydrogens is 375 g/mol. The van der Waals surface area contributed by atoms with Crippen LogP contribution in [0.1, 0.15) is 23.7 Å². The molecule has 0 unspecified atom stereocenters. The zero-order valence-electron chi connectivity index (χ0n) is 17.5. The highest BCUT2D eigenvalue weighted by molar-refractivity contribution is 5.46. The van der Waals surface area contributed by atoms with E-state index in [0.29, 0.717) is 5.56 Å². The molecule has 1 saturated heterocycles. The Kier molecular flexibility index (Phi) is 6.65. The number of anilines is 1. The third-order valence-corrected chi connectivity index (χ3v) is 5.78. The van der Waals surface area contributed by atoms with Crippen molar-refractivity contribution in [2.24, 2.45) is 0 Å². The lowest BCUT2D eigenvalue weighted by molar-refractivity contribution is 0.160. The maximum atomic E-state index is 13.6. The van der Waals surface area contributed by atoms with Gasteiger partial charge in [-0.1, -0.05) is 48.5 Å². The highest BCUT2D eigenvalue weighted by atomic mass is 19.1. The van der Waals surface area contributed by atoms with Crippen molar-refractivity contribution in [3.05, 3.63) is 95.8 Å². The van der Waals surface area contributed by atoms with Gasteiger partial charge in [-0.3, -0.25) is 4.90 Å². The van der Waals surface area contributed by atoms with Gasteiger partial charge in [0.05, 0.1) is 0 Å². The summed E-state index contributed by atoms with van der Waals surface area (Å²) >= 11 is 0. The first-order valence-corrected chi connectivity index (χ1v) is 10.7. The Morgan fingerprint density at radius 3 is 2.20 bits per heavy atom. The average Bonchev–Trinajstić information content (AvgIpc) is 2.80. The Morgan fingerprint density at radius 2 is 1.53 bits per heavy atom. The van der Waals surface area contributed by atoms with Crippen LogP contribution in [0.25, 0.3) is 0 Å². The Labute approximate surface area is 178 Å². The van der Waals surface area contributed by atoms with E-state index in [1.54, 1.807) is 19.1 Å². The van der Waals surface area contributed by atoms with Crippen molar-refractivity contribution in [1.82, 2.24) is 4.90 Å². The van der Waals surface area contributed by atoms with Gasteiger partial charge < -0.3 is 9.64 Å². The van der Waals surface area contributed by atoms with Crippen LogP contribution in [-0.2, 0) is 0 Å². The van der Waals surface area contributed by atoms with Crippen molar-refractivity contribution in [2.45, 2.75) is 19.4 Å². The zero-order chi connectivity index (χ0) is 20.8. The molecule has 4 heteroatoms. The van der Waals surface area contributed by atoms with E-state index in [1.807, 2.05) is 18.2 Å².